The summed E-state index contributed by atoms with van der Waals surface area (Å²) in [5.41, 5.74) is 7.48. The van der Waals surface area contributed by atoms with Crippen LogP contribution in [0.5, 0.6) is 5.75 Å². The zero-order valence-corrected chi connectivity index (χ0v) is 8.92. The molecule has 0 aliphatic heterocycles. The molecule has 2 N–H and O–H groups in total. The number of hydrogen-bond donors (Lipinski definition) is 1. The van der Waals surface area contributed by atoms with E-state index in [0.29, 0.717) is 17.3 Å². The van der Waals surface area contributed by atoms with E-state index in [2.05, 4.69) is 4.98 Å². The Hall–Kier alpha value is -0.770. The van der Waals surface area contributed by atoms with Crippen molar-refractivity contribution >= 4 is 23.2 Å². The number of aromatic nitrogens is 1. The smallest absolute Gasteiger partial charge is 0.138 e. The average Bonchev–Trinajstić information content (AvgIpc) is 2.26. The van der Waals surface area contributed by atoms with Gasteiger partial charge in [-0.2, -0.15) is 0 Å². The van der Waals surface area contributed by atoms with E-state index in [0.717, 1.165) is 5.69 Å². The Kier molecular flexibility index (Phi) is 4.73. The first-order chi connectivity index (χ1) is 6.76. The van der Waals surface area contributed by atoms with Crippen LogP contribution in [0.1, 0.15) is 5.69 Å². The SMILES string of the molecule is NCc1ccc(OCC(Cl)=CCl)cn1. The van der Waals surface area contributed by atoms with Gasteiger partial charge in [-0.05, 0) is 12.1 Å². The maximum Gasteiger partial charge on any atom is 0.138 e. The molecule has 1 rings (SSSR count). The second kappa shape index (κ2) is 5.86. The van der Waals surface area contributed by atoms with Crippen molar-refractivity contribution in [1.82, 2.24) is 4.98 Å². The fourth-order valence-corrected chi connectivity index (χ4v) is 0.918. The van der Waals surface area contributed by atoms with Gasteiger partial charge in [0.15, 0.2) is 0 Å². The second-order valence-electron chi connectivity index (χ2n) is 2.53. The summed E-state index contributed by atoms with van der Waals surface area (Å²) in [6.45, 7) is 0.664. The lowest BCUT2D eigenvalue weighted by atomic mass is 10.3. The molecule has 0 unspecified atom stereocenters. The lowest BCUT2D eigenvalue weighted by Crippen LogP contribution is -2.01. The summed E-state index contributed by atoms with van der Waals surface area (Å²) >= 11 is 11.0. The van der Waals surface area contributed by atoms with Crippen LogP contribution in [-0.4, -0.2) is 11.6 Å². The van der Waals surface area contributed by atoms with Gasteiger partial charge in [0.2, 0.25) is 0 Å². The molecule has 0 aromatic carbocycles. The maximum atomic E-state index is 5.64. The van der Waals surface area contributed by atoms with Crippen molar-refractivity contribution in [3.63, 3.8) is 0 Å². The van der Waals surface area contributed by atoms with Gasteiger partial charge >= 0.3 is 0 Å². The molecule has 0 saturated carbocycles. The Bertz CT molecular complexity index is 311. The van der Waals surface area contributed by atoms with E-state index in [1.54, 1.807) is 18.3 Å². The van der Waals surface area contributed by atoms with Gasteiger partial charge in [-0.1, -0.05) is 23.2 Å². The largest absolute Gasteiger partial charge is 0.486 e. The predicted molar refractivity (Wildman–Crippen MR) is 57.4 cm³/mol. The summed E-state index contributed by atoms with van der Waals surface area (Å²) in [6, 6.07) is 3.58. The molecule has 0 amide bonds. The van der Waals surface area contributed by atoms with Gasteiger partial charge < -0.3 is 10.5 Å². The quantitative estimate of drug-likeness (QED) is 0.867. The molecule has 0 fully saturated rings. The minimum absolute atomic E-state index is 0.245. The normalized spacial score (nSPS) is 11.5. The van der Waals surface area contributed by atoms with Crippen molar-refractivity contribution < 1.29 is 4.74 Å². The summed E-state index contributed by atoms with van der Waals surface area (Å²) in [4.78, 5) is 4.06. The molecule has 14 heavy (non-hydrogen) atoms. The zero-order valence-electron chi connectivity index (χ0n) is 7.41. The molecule has 3 nitrogen and oxygen atoms in total. The first-order valence-electron chi connectivity index (χ1n) is 3.99. The molecule has 5 heteroatoms. The van der Waals surface area contributed by atoms with E-state index in [4.69, 9.17) is 33.7 Å². The van der Waals surface area contributed by atoms with E-state index < -0.39 is 0 Å². The Morgan fingerprint density at radius 2 is 2.36 bits per heavy atom. The summed E-state index contributed by atoms with van der Waals surface area (Å²) < 4.78 is 5.27. The van der Waals surface area contributed by atoms with Crippen LogP contribution in [0.4, 0.5) is 0 Å². The highest BCUT2D eigenvalue weighted by Crippen LogP contribution is 2.11. The Labute approximate surface area is 92.5 Å². The molecule has 1 heterocycles. The van der Waals surface area contributed by atoms with Gasteiger partial charge in [0, 0.05) is 12.1 Å². The van der Waals surface area contributed by atoms with Crippen LogP contribution in [0.25, 0.3) is 0 Å². The zero-order chi connectivity index (χ0) is 10.4. The van der Waals surface area contributed by atoms with Gasteiger partial charge in [0.25, 0.3) is 0 Å². The van der Waals surface area contributed by atoms with Crippen molar-refractivity contribution in [2.45, 2.75) is 6.54 Å². The highest BCUT2D eigenvalue weighted by molar-refractivity contribution is 6.36. The van der Waals surface area contributed by atoms with Gasteiger partial charge in [-0.15, -0.1) is 0 Å². The van der Waals surface area contributed by atoms with Crippen molar-refractivity contribution in [2.75, 3.05) is 6.61 Å². The van der Waals surface area contributed by atoms with Crippen LogP contribution >= 0.6 is 23.2 Å². The third-order valence-corrected chi connectivity index (χ3v) is 2.10. The van der Waals surface area contributed by atoms with Crippen LogP contribution in [0.3, 0.4) is 0 Å². The van der Waals surface area contributed by atoms with Gasteiger partial charge in [0.05, 0.1) is 16.9 Å². The van der Waals surface area contributed by atoms with E-state index >= 15 is 0 Å². The van der Waals surface area contributed by atoms with Gasteiger partial charge in [0.1, 0.15) is 12.4 Å². The average molecular weight is 233 g/mol. The number of pyridine rings is 1. The minimum Gasteiger partial charge on any atom is -0.486 e. The summed E-state index contributed by atoms with van der Waals surface area (Å²) in [6.07, 6.45) is 1.60. The number of nitrogens with zero attached hydrogens (tertiary/aromatic N) is 1. The number of rotatable bonds is 4. The molecule has 0 atom stereocenters. The summed E-state index contributed by atoms with van der Waals surface area (Å²) in [5.74, 6) is 0.638. The molecular weight excluding hydrogens is 223 g/mol. The van der Waals surface area contributed by atoms with Gasteiger partial charge in [-0.3, -0.25) is 4.98 Å². The molecule has 0 bridgehead atoms. The van der Waals surface area contributed by atoms with Crippen LogP contribution in [0.15, 0.2) is 28.9 Å². The maximum absolute atomic E-state index is 5.64. The Balaban J connectivity index is 2.52. The van der Waals surface area contributed by atoms with E-state index in [9.17, 15) is 0 Å². The topological polar surface area (TPSA) is 48.1 Å². The number of ether oxygens (including phenoxy) is 1. The van der Waals surface area contributed by atoms with Crippen molar-refractivity contribution in [2.24, 2.45) is 5.73 Å². The number of hydrogen-bond acceptors (Lipinski definition) is 3. The van der Waals surface area contributed by atoms with E-state index in [-0.39, 0.29) is 6.61 Å². The first kappa shape index (κ1) is 11.3. The van der Waals surface area contributed by atoms with Crippen LogP contribution in [0, 0.1) is 0 Å². The van der Waals surface area contributed by atoms with Crippen molar-refractivity contribution in [3.8, 4) is 5.75 Å². The molecule has 76 valence electrons. The molecule has 0 aliphatic carbocycles. The standard InChI is InChI=1S/C9H10Cl2N2O/c10-3-7(11)6-14-9-2-1-8(4-12)13-5-9/h1-3,5H,4,6,12H2. The fourth-order valence-electron chi connectivity index (χ4n) is 0.801. The van der Waals surface area contributed by atoms with Crippen LogP contribution in [0.2, 0.25) is 0 Å². The first-order valence-corrected chi connectivity index (χ1v) is 4.80. The highest BCUT2D eigenvalue weighted by Gasteiger charge is 1.96. The second-order valence-corrected chi connectivity index (χ2v) is 3.24. The van der Waals surface area contributed by atoms with Crippen molar-refractivity contribution in [1.29, 1.82) is 0 Å². The summed E-state index contributed by atoms with van der Waals surface area (Å²) in [5, 5.41) is 0.439. The third kappa shape index (κ3) is 3.54. The van der Waals surface area contributed by atoms with Crippen molar-refractivity contribution in [3.05, 3.63) is 34.6 Å². The van der Waals surface area contributed by atoms with E-state index in [1.807, 2.05) is 0 Å². The lowest BCUT2D eigenvalue weighted by molar-refractivity contribution is 0.357. The Morgan fingerprint density at radius 3 is 2.86 bits per heavy atom. The lowest BCUT2D eigenvalue weighted by Gasteiger charge is -2.04. The fraction of sp³-hybridized carbons (Fsp3) is 0.222. The minimum atomic E-state index is 0.245. The molecule has 1 aromatic rings. The van der Waals surface area contributed by atoms with Gasteiger partial charge in [-0.25, -0.2) is 0 Å². The molecule has 0 spiro atoms. The highest BCUT2D eigenvalue weighted by atomic mass is 35.5. The predicted octanol–water partition coefficient (Wildman–Crippen LogP) is 2.24. The van der Waals surface area contributed by atoms with Crippen LogP contribution < -0.4 is 10.5 Å². The molecule has 1 aromatic heterocycles. The third-order valence-electron chi connectivity index (χ3n) is 1.50. The number of nitrogens with two attached hydrogens (primary N) is 1. The molecule has 0 saturated heterocycles. The molecular formula is C9H10Cl2N2O. The molecule has 0 aliphatic rings. The van der Waals surface area contributed by atoms with Crippen LogP contribution in [-0.2, 0) is 6.54 Å². The summed E-state index contributed by atoms with van der Waals surface area (Å²) in [7, 11) is 0. The molecule has 0 radical (unpaired) electrons. The monoisotopic (exact) mass is 232 g/mol. The Morgan fingerprint density at radius 1 is 1.57 bits per heavy atom. The van der Waals surface area contributed by atoms with E-state index in [1.165, 1.54) is 5.54 Å². The number of halogens is 2.